The predicted octanol–water partition coefficient (Wildman–Crippen LogP) is 1.70. The molecule has 1 rings (SSSR count). The number of amides is 1. The maximum Gasteiger partial charge on any atom is 0.241 e. The third-order valence-corrected chi connectivity index (χ3v) is 2.20. The highest BCUT2D eigenvalue weighted by atomic mass is 16.3. The summed E-state index contributed by atoms with van der Waals surface area (Å²) >= 11 is 0. The van der Waals surface area contributed by atoms with Crippen molar-refractivity contribution in [3.8, 4) is 5.75 Å². The largest absolute Gasteiger partial charge is 0.508 e. The van der Waals surface area contributed by atoms with Crippen molar-refractivity contribution in [1.29, 1.82) is 0 Å². The monoisotopic (exact) mass is 222 g/mol. The first-order valence-electron chi connectivity index (χ1n) is 5.34. The van der Waals surface area contributed by atoms with E-state index in [0.29, 0.717) is 18.0 Å². The Bertz CT molecular complexity index is 347. The quantitative estimate of drug-likeness (QED) is 0.679. The minimum Gasteiger partial charge on any atom is -0.508 e. The van der Waals surface area contributed by atoms with Crippen LogP contribution < -0.4 is 11.1 Å². The van der Waals surface area contributed by atoms with E-state index in [0.717, 1.165) is 0 Å². The minimum atomic E-state index is -0.492. The molecule has 0 aliphatic carbocycles. The van der Waals surface area contributed by atoms with E-state index in [1.54, 1.807) is 12.1 Å². The van der Waals surface area contributed by atoms with E-state index in [4.69, 9.17) is 10.8 Å². The number of nitrogens with two attached hydrogens (primary N) is 1. The van der Waals surface area contributed by atoms with Gasteiger partial charge in [-0.05, 0) is 36.6 Å². The van der Waals surface area contributed by atoms with Crippen molar-refractivity contribution in [2.24, 2.45) is 11.7 Å². The van der Waals surface area contributed by atoms with Gasteiger partial charge in [0.05, 0.1) is 6.04 Å². The Morgan fingerprint density at radius 2 is 1.94 bits per heavy atom. The van der Waals surface area contributed by atoms with Crippen molar-refractivity contribution in [3.05, 3.63) is 24.3 Å². The van der Waals surface area contributed by atoms with Gasteiger partial charge in [-0.15, -0.1) is 0 Å². The van der Waals surface area contributed by atoms with Crippen molar-refractivity contribution in [2.75, 3.05) is 5.32 Å². The van der Waals surface area contributed by atoms with E-state index in [2.05, 4.69) is 5.32 Å². The minimum absolute atomic E-state index is 0.171. The average molecular weight is 222 g/mol. The Morgan fingerprint density at radius 1 is 1.38 bits per heavy atom. The first-order chi connectivity index (χ1) is 7.49. The number of anilines is 1. The summed E-state index contributed by atoms with van der Waals surface area (Å²) < 4.78 is 0. The zero-order valence-electron chi connectivity index (χ0n) is 9.60. The van der Waals surface area contributed by atoms with Gasteiger partial charge in [-0.3, -0.25) is 4.79 Å². The molecule has 0 aromatic heterocycles. The number of carbonyl (C=O) groups is 1. The molecule has 4 heteroatoms. The molecular formula is C12H18N2O2. The van der Waals surface area contributed by atoms with E-state index in [-0.39, 0.29) is 11.7 Å². The van der Waals surface area contributed by atoms with Gasteiger partial charge in [-0.25, -0.2) is 0 Å². The summed E-state index contributed by atoms with van der Waals surface area (Å²) in [5, 5.41) is 11.8. The van der Waals surface area contributed by atoms with Gasteiger partial charge in [0.1, 0.15) is 5.75 Å². The second-order valence-corrected chi connectivity index (χ2v) is 4.27. The van der Waals surface area contributed by atoms with E-state index in [9.17, 15) is 4.79 Å². The number of rotatable bonds is 4. The molecule has 0 spiro atoms. The van der Waals surface area contributed by atoms with Gasteiger partial charge in [-0.2, -0.15) is 0 Å². The number of hydrogen-bond donors (Lipinski definition) is 3. The molecule has 1 aromatic carbocycles. The van der Waals surface area contributed by atoms with E-state index < -0.39 is 6.04 Å². The van der Waals surface area contributed by atoms with Crippen LogP contribution in [-0.2, 0) is 4.79 Å². The zero-order valence-corrected chi connectivity index (χ0v) is 9.60. The number of phenols is 1. The molecule has 0 heterocycles. The van der Waals surface area contributed by atoms with Crippen LogP contribution in [0.15, 0.2) is 24.3 Å². The molecule has 0 saturated carbocycles. The maximum atomic E-state index is 11.6. The molecule has 0 saturated heterocycles. The van der Waals surface area contributed by atoms with Gasteiger partial charge in [0.25, 0.3) is 0 Å². The van der Waals surface area contributed by atoms with Crippen LogP contribution in [0.25, 0.3) is 0 Å². The molecule has 1 amide bonds. The predicted molar refractivity (Wildman–Crippen MR) is 64.2 cm³/mol. The Hall–Kier alpha value is -1.55. The molecule has 16 heavy (non-hydrogen) atoms. The topological polar surface area (TPSA) is 75.4 Å². The number of hydrogen-bond acceptors (Lipinski definition) is 3. The van der Waals surface area contributed by atoms with Crippen molar-refractivity contribution in [3.63, 3.8) is 0 Å². The van der Waals surface area contributed by atoms with Gasteiger partial charge < -0.3 is 16.2 Å². The highest BCUT2D eigenvalue weighted by Gasteiger charge is 2.14. The summed E-state index contributed by atoms with van der Waals surface area (Å²) in [4.78, 5) is 11.6. The lowest BCUT2D eigenvalue weighted by molar-refractivity contribution is -0.117. The van der Waals surface area contributed by atoms with E-state index in [1.807, 2.05) is 13.8 Å². The second kappa shape index (κ2) is 5.51. The van der Waals surface area contributed by atoms with Crippen LogP contribution in [-0.4, -0.2) is 17.1 Å². The molecule has 0 aliphatic rings. The molecule has 4 nitrogen and oxygen atoms in total. The lowest BCUT2D eigenvalue weighted by atomic mass is 10.0. The summed E-state index contributed by atoms with van der Waals surface area (Å²) in [6, 6.07) is 5.81. The van der Waals surface area contributed by atoms with Crippen molar-refractivity contribution in [1.82, 2.24) is 0 Å². The van der Waals surface area contributed by atoms with E-state index >= 15 is 0 Å². The van der Waals surface area contributed by atoms with E-state index in [1.165, 1.54) is 12.1 Å². The fourth-order valence-corrected chi connectivity index (χ4v) is 1.39. The highest BCUT2D eigenvalue weighted by molar-refractivity contribution is 5.94. The summed E-state index contributed by atoms with van der Waals surface area (Å²) in [5.41, 5.74) is 6.38. The molecule has 0 radical (unpaired) electrons. The third-order valence-electron chi connectivity index (χ3n) is 2.20. The van der Waals surface area contributed by atoms with Crippen molar-refractivity contribution >= 4 is 11.6 Å². The van der Waals surface area contributed by atoms with Gasteiger partial charge in [0.15, 0.2) is 0 Å². The molecule has 0 bridgehead atoms. The third kappa shape index (κ3) is 3.90. The van der Waals surface area contributed by atoms with Crippen LogP contribution in [0.1, 0.15) is 20.3 Å². The first-order valence-corrected chi connectivity index (χ1v) is 5.34. The van der Waals surface area contributed by atoms with Crippen LogP contribution >= 0.6 is 0 Å². The van der Waals surface area contributed by atoms with Crippen LogP contribution in [0.5, 0.6) is 5.75 Å². The Labute approximate surface area is 95.5 Å². The Balaban J connectivity index is 2.54. The molecule has 4 N–H and O–H groups in total. The smallest absolute Gasteiger partial charge is 0.241 e. The fraction of sp³-hybridized carbons (Fsp3) is 0.417. The van der Waals surface area contributed by atoms with Gasteiger partial charge in [0, 0.05) is 5.69 Å². The summed E-state index contributed by atoms with van der Waals surface area (Å²) in [6.07, 6.45) is 0.657. The van der Waals surface area contributed by atoms with Gasteiger partial charge >= 0.3 is 0 Å². The Morgan fingerprint density at radius 3 is 2.44 bits per heavy atom. The number of nitrogens with one attached hydrogen (secondary N) is 1. The highest BCUT2D eigenvalue weighted by Crippen LogP contribution is 2.14. The number of phenolic OH excluding ortho intramolecular Hbond substituents is 1. The number of carbonyl (C=O) groups excluding carboxylic acids is 1. The van der Waals surface area contributed by atoms with Gasteiger partial charge in [0.2, 0.25) is 5.91 Å². The number of aromatic hydroxyl groups is 1. The summed E-state index contributed by atoms with van der Waals surface area (Å²) in [7, 11) is 0. The zero-order chi connectivity index (χ0) is 12.1. The van der Waals surface area contributed by atoms with Crippen LogP contribution in [0.2, 0.25) is 0 Å². The standard InChI is InChI=1S/C12H18N2O2/c1-8(2)7-11(13)12(16)14-9-3-5-10(15)6-4-9/h3-6,8,11,15H,7,13H2,1-2H3,(H,14,16)/t11-/m1/s1. The number of benzene rings is 1. The molecule has 1 atom stereocenters. The molecule has 0 aliphatic heterocycles. The lowest BCUT2D eigenvalue weighted by Crippen LogP contribution is -2.36. The van der Waals surface area contributed by atoms with Crippen LogP contribution in [0.3, 0.4) is 0 Å². The molecule has 1 aromatic rings. The average Bonchev–Trinajstić information content (AvgIpc) is 2.20. The van der Waals surface area contributed by atoms with Crippen LogP contribution in [0, 0.1) is 5.92 Å². The molecule has 0 fully saturated rings. The maximum absolute atomic E-state index is 11.6. The Kier molecular flexibility index (Phi) is 4.31. The first kappa shape index (κ1) is 12.5. The second-order valence-electron chi connectivity index (χ2n) is 4.27. The van der Waals surface area contributed by atoms with Gasteiger partial charge in [-0.1, -0.05) is 13.8 Å². The summed E-state index contributed by atoms with van der Waals surface area (Å²) in [5.74, 6) is 0.365. The SMILES string of the molecule is CC(C)C[C@@H](N)C(=O)Nc1ccc(O)cc1. The van der Waals surface area contributed by atoms with Crippen molar-refractivity contribution in [2.45, 2.75) is 26.3 Å². The van der Waals surface area contributed by atoms with Crippen molar-refractivity contribution < 1.29 is 9.90 Å². The van der Waals surface area contributed by atoms with Crippen LogP contribution in [0.4, 0.5) is 5.69 Å². The summed E-state index contributed by atoms with van der Waals surface area (Å²) in [6.45, 7) is 4.04. The normalized spacial score (nSPS) is 12.5. The lowest BCUT2D eigenvalue weighted by Gasteiger charge is -2.14. The molecular weight excluding hydrogens is 204 g/mol. The fourth-order valence-electron chi connectivity index (χ4n) is 1.39. The molecule has 88 valence electrons. The molecule has 0 unspecified atom stereocenters.